The molecule has 0 radical (unpaired) electrons. The summed E-state index contributed by atoms with van der Waals surface area (Å²) >= 11 is 0. The summed E-state index contributed by atoms with van der Waals surface area (Å²) in [6.45, 7) is -0.678. The Kier molecular flexibility index (Phi) is 5.93. The fourth-order valence-corrected chi connectivity index (χ4v) is 2.55. The van der Waals surface area contributed by atoms with Gasteiger partial charge in [0.25, 0.3) is 5.91 Å². The molecule has 1 aromatic rings. The third kappa shape index (κ3) is 4.06. The minimum absolute atomic E-state index is 0.0386. The fourth-order valence-electron chi connectivity index (χ4n) is 2.55. The summed E-state index contributed by atoms with van der Waals surface area (Å²) in [5.74, 6) is -2.11. The van der Waals surface area contributed by atoms with Gasteiger partial charge in [0.05, 0.1) is 11.6 Å². The molecule has 25 heavy (non-hydrogen) atoms. The van der Waals surface area contributed by atoms with Crippen LogP contribution in [-0.4, -0.2) is 85.7 Å². The lowest BCUT2D eigenvalue weighted by Gasteiger charge is -2.42. The number of aliphatic hydroxyl groups excluding tert-OH is 5. The predicted molar refractivity (Wildman–Crippen MR) is 80.9 cm³/mol. The Hall–Kier alpha value is -2.24. The third-order valence-corrected chi connectivity index (χ3v) is 3.92. The Morgan fingerprint density at radius 3 is 2.00 bits per heavy atom. The molecule has 0 bridgehead atoms. The molecule has 1 saturated carbocycles. The zero-order valence-corrected chi connectivity index (χ0v) is 12.9. The van der Waals surface area contributed by atoms with Crippen molar-refractivity contribution < 1.29 is 45.0 Å². The Labute approximate surface area is 141 Å². The summed E-state index contributed by atoms with van der Waals surface area (Å²) in [5, 5.41) is 59.6. The lowest BCUT2D eigenvalue weighted by molar-refractivity contribution is -0.188. The Balaban J connectivity index is 2.17. The number of amides is 1. The first-order chi connectivity index (χ1) is 11.7. The average Bonchev–Trinajstić information content (AvgIpc) is 2.60. The van der Waals surface area contributed by atoms with E-state index in [1.165, 1.54) is 24.3 Å². The first-order valence-corrected chi connectivity index (χ1v) is 7.39. The molecule has 0 aromatic heterocycles. The van der Waals surface area contributed by atoms with Crippen LogP contribution >= 0.6 is 0 Å². The van der Waals surface area contributed by atoms with Gasteiger partial charge >= 0.3 is 5.97 Å². The topological polar surface area (TPSA) is 177 Å². The van der Waals surface area contributed by atoms with Gasteiger partial charge in [-0.3, -0.25) is 4.79 Å². The molecule has 7 N–H and O–H groups in total. The molecule has 0 saturated heterocycles. The standard InChI is InChI=1S/C15H19NO9/c17-8(18)5-25-7-4-2-1-3-6(7)15(24)16-9-10(19)12(21)14(23)13(22)11(9)20/h1-4,9-14,19-23H,5H2,(H,16,24)(H,17,18)/t9?,10-,11+,12+,13-,14?. The van der Waals surface area contributed by atoms with Crippen LogP contribution in [0.1, 0.15) is 10.4 Å². The normalized spacial score (nSPS) is 32.0. The van der Waals surface area contributed by atoms with Crippen molar-refractivity contribution in [2.24, 2.45) is 0 Å². The van der Waals surface area contributed by atoms with Crippen molar-refractivity contribution in [3.05, 3.63) is 29.8 Å². The zero-order valence-electron chi connectivity index (χ0n) is 12.9. The number of carbonyl (C=O) groups excluding carboxylic acids is 1. The van der Waals surface area contributed by atoms with E-state index < -0.39 is 55.0 Å². The number of ether oxygens (including phenoxy) is 1. The lowest BCUT2D eigenvalue weighted by Crippen LogP contribution is -2.68. The maximum absolute atomic E-state index is 12.4. The van der Waals surface area contributed by atoms with Crippen molar-refractivity contribution >= 4 is 11.9 Å². The summed E-state index contributed by atoms with van der Waals surface area (Å²) < 4.78 is 5.00. The van der Waals surface area contributed by atoms with Crippen molar-refractivity contribution in [2.45, 2.75) is 36.6 Å². The predicted octanol–water partition coefficient (Wildman–Crippen LogP) is -2.93. The first kappa shape index (κ1) is 19.1. The molecule has 1 amide bonds. The van der Waals surface area contributed by atoms with Crippen LogP contribution in [-0.2, 0) is 4.79 Å². The van der Waals surface area contributed by atoms with Gasteiger partial charge in [-0.15, -0.1) is 0 Å². The number of aliphatic hydroxyl groups is 5. The van der Waals surface area contributed by atoms with Gasteiger partial charge in [-0.25, -0.2) is 4.79 Å². The molecule has 1 fully saturated rings. The van der Waals surface area contributed by atoms with Crippen LogP contribution in [0.25, 0.3) is 0 Å². The molecule has 10 nitrogen and oxygen atoms in total. The number of benzene rings is 1. The second kappa shape index (κ2) is 7.76. The summed E-state index contributed by atoms with van der Waals surface area (Å²) in [4.78, 5) is 23.0. The Bertz CT molecular complexity index is 621. The maximum Gasteiger partial charge on any atom is 0.341 e. The molecule has 138 valence electrons. The van der Waals surface area contributed by atoms with Crippen LogP contribution in [0.4, 0.5) is 0 Å². The molecule has 1 aromatic carbocycles. The van der Waals surface area contributed by atoms with Crippen molar-refractivity contribution in [1.82, 2.24) is 5.32 Å². The maximum atomic E-state index is 12.4. The van der Waals surface area contributed by atoms with E-state index in [4.69, 9.17) is 9.84 Å². The van der Waals surface area contributed by atoms with Crippen LogP contribution in [0.15, 0.2) is 24.3 Å². The van der Waals surface area contributed by atoms with Crippen molar-refractivity contribution in [3.8, 4) is 5.75 Å². The molecule has 1 aliphatic carbocycles. The van der Waals surface area contributed by atoms with Crippen LogP contribution in [0.2, 0.25) is 0 Å². The molecule has 6 atom stereocenters. The number of aliphatic carboxylic acids is 1. The lowest BCUT2D eigenvalue weighted by atomic mass is 9.83. The van der Waals surface area contributed by atoms with Crippen LogP contribution in [0, 0.1) is 0 Å². The number of carboxylic acids is 1. The van der Waals surface area contributed by atoms with Gasteiger partial charge in [0, 0.05) is 0 Å². The number of hydrogen-bond acceptors (Lipinski definition) is 8. The highest BCUT2D eigenvalue weighted by molar-refractivity contribution is 5.97. The number of hydrogen-bond donors (Lipinski definition) is 7. The molecule has 0 spiro atoms. The van der Waals surface area contributed by atoms with Crippen LogP contribution in [0.3, 0.4) is 0 Å². The largest absolute Gasteiger partial charge is 0.481 e. The average molecular weight is 357 g/mol. The fraction of sp³-hybridized carbons (Fsp3) is 0.467. The highest BCUT2D eigenvalue weighted by atomic mass is 16.5. The van der Waals surface area contributed by atoms with E-state index in [0.29, 0.717) is 0 Å². The quantitative estimate of drug-likeness (QED) is 0.290. The third-order valence-electron chi connectivity index (χ3n) is 3.92. The SMILES string of the molecule is O=C(O)COc1ccccc1C(=O)NC1[C@@H](O)[C@H](O)C(O)[C@H](O)[C@H]1O. The second-order valence-electron chi connectivity index (χ2n) is 5.63. The van der Waals surface area contributed by atoms with E-state index >= 15 is 0 Å². The number of rotatable bonds is 5. The summed E-state index contributed by atoms with van der Waals surface area (Å²) in [6, 6.07) is 4.23. The van der Waals surface area contributed by atoms with Gasteiger partial charge in [-0.05, 0) is 12.1 Å². The highest BCUT2D eigenvalue weighted by Gasteiger charge is 2.48. The van der Waals surface area contributed by atoms with Gasteiger partial charge in [0.15, 0.2) is 6.61 Å². The van der Waals surface area contributed by atoms with Gasteiger partial charge < -0.3 is 40.7 Å². The molecular weight excluding hydrogens is 338 g/mol. The molecular formula is C15H19NO9. The van der Waals surface area contributed by atoms with E-state index in [9.17, 15) is 35.1 Å². The zero-order chi connectivity index (χ0) is 18.7. The van der Waals surface area contributed by atoms with E-state index in [0.717, 1.165) is 0 Å². The number of nitrogens with one attached hydrogen (secondary N) is 1. The summed E-state index contributed by atoms with van der Waals surface area (Å²) in [5.41, 5.74) is -0.0711. The van der Waals surface area contributed by atoms with E-state index in [1.807, 2.05) is 0 Å². The first-order valence-electron chi connectivity index (χ1n) is 7.39. The van der Waals surface area contributed by atoms with E-state index in [2.05, 4.69) is 5.32 Å². The minimum Gasteiger partial charge on any atom is -0.481 e. The second-order valence-corrected chi connectivity index (χ2v) is 5.63. The van der Waals surface area contributed by atoms with Crippen molar-refractivity contribution in [2.75, 3.05) is 6.61 Å². The smallest absolute Gasteiger partial charge is 0.341 e. The summed E-state index contributed by atoms with van der Waals surface area (Å²) in [6.07, 6.45) is -8.79. The van der Waals surface area contributed by atoms with Gasteiger partial charge in [0.1, 0.15) is 36.3 Å². The minimum atomic E-state index is -1.78. The molecule has 0 heterocycles. The highest BCUT2D eigenvalue weighted by Crippen LogP contribution is 2.23. The van der Waals surface area contributed by atoms with Gasteiger partial charge in [-0.1, -0.05) is 12.1 Å². The number of para-hydroxylation sites is 1. The van der Waals surface area contributed by atoms with E-state index in [1.54, 1.807) is 0 Å². The molecule has 1 aliphatic rings. The Morgan fingerprint density at radius 2 is 1.44 bits per heavy atom. The van der Waals surface area contributed by atoms with Crippen molar-refractivity contribution in [1.29, 1.82) is 0 Å². The van der Waals surface area contributed by atoms with Crippen LogP contribution < -0.4 is 10.1 Å². The van der Waals surface area contributed by atoms with Crippen molar-refractivity contribution in [3.63, 3.8) is 0 Å². The number of carbonyl (C=O) groups is 2. The van der Waals surface area contributed by atoms with E-state index in [-0.39, 0.29) is 11.3 Å². The number of carboxylic acid groups (broad SMARTS) is 1. The summed E-state index contributed by atoms with van der Waals surface area (Å²) in [7, 11) is 0. The van der Waals surface area contributed by atoms with Gasteiger partial charge in [0.2, 0.25) is 0 Å². The van der Waals surface area contributed by atoms with Crippen LogP contribution in [0.5, 0.6) is 5.75 Å². The monoisotopic (exact) mass is 357 g/mol. The Morgan fingerprint density at radius 1 is 0.920 bits per heavy atom. The molecule has 2 unspecified atom stereocenters. The molecule has 2 rings (SSSR count). The van der Waals surface area contributed by atoms with Gasteiger partial charge in [-0.2, -0.15) is 0 Å². The molecule has 10 heteroatoms. The molecule has 0 aliphatic heterocycles.